The lowest BCUT2D eigenvalue weighted by atomic mass is 9.96. The molecule has 2 atom stereocenters. The molecule has 1 saturated carbocycles. The molecule has 2 amide bonds. The first-order valence-corrected chi connectivity index (χ1v) is 6.99. The lowest BCUT2D eigenvalue weighted by Crippen LogP contribution is -2.45. The van der Waals surface area contributed by atoms with Crippen molar-refractivity contribution in [3.05, 3.63) is 0 Å². The van der Waals surface area contributed by atoms with Crippen molar-refractivity contribution in [2.24, 2.45) is 17.8 Å². The zero-order chi connectivity index (χ0) is 13.5. The lowest BCUT2D eigenvalue weighted by Gasteiger charge is -2.30. The first-order valence-electron chi connectivity index (χ1n) is 6.99. The summed E-state index contributed by atoms with van der Waals surface area (Å²) in [7, 11) is 0. The Hall–Kier alpha value is -0.900. The minimum Gasteiger partial charge on any atom is -0.388 e. The summed E-state index contributed by atoms with van der Waals surface area (Å²) in [6.07, 6.45) is 2.77. The number of β-amino-alcohol motifs (C(OH)–C–C–N with tert-alkyl or cyclic N) is 1. The molecule has 1 N–H and O–H groups in total. The van der Waals surface area contributed by atoms with E-state index in [0.29, 0.717) is 18.8 Å². The maximum Gasteiger partial charge on any atom is 0.233 e. The van der Waals surface area contributed by atoms with Crippen LogP contribution in [0.5, 0.6) is 0 Å². The number of likely N-dealkylation sites (tertiary alicyclic amines) is 1. The average Bonchev–Trinajstić information content (AvgIpc) is 2.83. The van der Waals surface area contributed by atoms with Crippen LogP contribution in [0.4, 0.5) is 0 Å². The van der Waals surface area contributed by atoms with Crippen LogP contribution in [0.15, 0.2) is 0 Å². The van der Waals surface area contributed by atoms with Crippen LogP contribution in [-0.4, -0.2) is 34.0 Å². The van der Waals surface area contributed by atoms with Crippen LogP contribution in [0.25, 0.3) is 0 Å². The van der Waals surface area contributed by atoms with Gasteiger partial charge in [0.15, 0.2) is 0 Å². The van der Waals surface area contributed by atoms with E-state index in [9.17, 15) is 14.7 Å². The molecule has 0 aromatic carbocycles. The van der Waals surface area contributed by atoms with Crippen LogP contribution in [0.2, 0.25) is 0 Å². The Morgan fingerprint density at radius 1 is 1.17 bits per heavy atom. The van der Waals surface area contributed by atoms with Gasteiger partial charge in [0.2, 0.25) is 11.8 Å². The van der Waals surface area contributed by atoms with Crippen molar-refractivity contribution in [3.63, 3.8) is 0 Å². The third-order valence-corrected chi connectivity index (χ3v) is 4.73. The molecule has 0 aromatic heterocycles. The number of aliphatic hydroxyl groups is 1. The fourth-order valence-corrected chi connectivity index (χ4v) is 3.27. The van der Waals surface area contributed by atoms with Gasteiger partial charge < -0.3 is 5.11 Å². The normalized spacial score (nSPS) is 32.2. The molecule has 18 heavy (non-hydrogen) atoms. The van der Waals surface area contributed by atoms with Gasteiger partial charge in [-0.3, -0.25) is 14.5 Å². The highest BCUT2D eigenvalue weighted by Gasteiger charge is 2.52. The van der Waals surface area contributed by atoms with Gasteiger partial charge in [-0.25, -0.2) is 0 Å². The predicted molar refractivity (Wildman–Crippen MR) is 67.6 cm³/mol. The molecule has 0 aromatic rings. The molecular weight excluding hydrogens is 230 g/mol. The highest BCUT2D eigenvalue weighted by Crippen LogP contribution is 2.43. The van der Waals surface area contributed by atoms with Crippen molar-refractivity contribution >= 4 is 11.8 Å². The van der Waals surface area contributed by atoms with Crippen molar-refractivity contribution in [2.75, 3.05) is 6.54 Å². The predicted octanol–water partition coefficient (Wildman–Crippen LogP) is 1.57. The van der Waals surface area contributed by atoms with Crippen molar-refractivity contribution in [2.45, 2.75) is 52.1 Å². The number of hydrogen-bond acceptors (Lipinski definition) is 3. The number of rotatable bonds is 4. The summed E-state index contributed by atoms with van der Waals surface area (Å²) in [5, 5.41) is 10.3. The van der Waals surface area contributed by atoms with Gasteiger partial charge in [0.1, 0.15) is 0 Å². The number of carbonyl (C=O) groups excluding carboxylic acids is 2. The molecular formula is C14H23NO3. The van der Waals surface area contributed by atoms with Gasteiger partial charge in [-0.05, 0) is 31.6 Å². The van der Waals surface area contributed by atoms with Crippen molar-refractivity contribution in [3.8, 4) is 0 Å². The van der Waals surface area contributed by atoms with Gasteiger partial charge in [-0.15, -0.1) is 0 Å². The molecule has 102 valence electrons. The third-order valence-electron chi connectivity index (χ3n) is 4.73. The van der Waals surface area contributed by atoms with Crippen LogP contribution >= 0.6 is 0 Å². The SMILES string of the molecule is CCC(O)(CC)CN1C(=O)C2CC(C)CC2C1=O. The average molecular weight is 253 g/mol. The fourth-order valence-electron chi connectivity index (χ4n) is 3.27. The molecule has 1 aliphatic carbocycles. The number of fused-ring (bicyclic) bond motifs is 1. The number of hydrogen-bond donors (Lipinski definition) is 1. The highest BCUT2D eigenvalue weighted by molar-refractivity contribution is 6.05. The smallest absolute Gasteiger partial charge is 0.233 e. The monoisotopic (exact) mass is 253 g/mol. The number of nitrogens with zero attached hydrogens (tertiary/aromatic N) is 1. The molecule has 2 aliphatic rings. The van der Waals surface area contributed by atoms with Crippen LogP contribution in [-0.2, 0) is 9.59 Å². The first-order chi connectivity index (χ1) is 8.41. The number of imide groups is 1. The molecule has 1 heterocycles. The Morgan fingerprint density at radius 3 is 2.00 bits per heavy atom. The molecule has 2 rings (SSSR count). The van der Waals surface area contributed by atoms with E-state index >= 15 is 0 Å². The van der Waals surface area contributed by atoms with E-state index in [-0.39, 0.29) is 30.2 Å². The zero-order valence-electron chi connectivity index (χ0n) is 11.5. The van der Waals surface area contributed by atoms with Gasteiger partial charge >= 0.3 is 0 Å². The van der Waals surface area contributed by atoms with Gasteiger partial charge in [0, 0.05) is 0 Å². The second-order valence-electron chi connectivity index (χ2n) is 5.98. The quantitative estimate of drug-likeness (QED) is 0.774. The minimum absolute atomic E-state index is 0.0605. The first kappa shape index (κ1) is 13.5. The summed E-state index contributed by atoms with van der Waals surface area (Å²) in [4.78, 5) is 25.8. The summed E-state index contributed by atoms with van der Waals surface area (Å²) < 4.78 is 0. The Bertz CT molecular complexity index is 338. The van der Waals surface area contributed by atoms with Crippen LogP contribution in [0.1, 0.15) is 46.5 Å². The standard InChI is InChI=1S/C14H23NO3/c1-4-14(18,5-2)8-15-12(16)10-6-9(3)7-11(10)13(15)17/h9-11,18H,4-8H2,1-3H3. The fraction of sp³-hybridized carbons (Fsp3) is 0.857. The van der Waals surface area contributed by atoms with Crippen LogP contribution in [0.3, 0.4) is 0 Å². The van der Waals surface area contributed by atoms with E-state index in [0.717, 1.165) is 12.8 Å². The Balaban J connectivity index is 2.13. The van der Waals surface area contributed by atoms with E-state index < -0.39 is 5.60 Å². The van der Waals surface area contributed by atoms with Crippen LogP contribution in [0, 0.1) is 17.8 Å². The van der Waals surface area contributed by atoms with E-state index in [1.54, 1.807) is 0 Å². The molecule has 0 bridgehead atoms. The molecule has 0 spiro atoms. The molecule has 1 saturated heterocycles. The van der Waals surface area contributed by atoms with Crippen molar-refractivity contribution in [1.82, 2.24) is 4.90 Å². The summed E-state index contributed by atoms with van der Waals surface area (Å²) in [5.74, 6) is 0.103. The van der Waals surface area contributed by atoms with Crippen molar-refractivity contribution < 1.29 is 14.7 Å². The van der Waals surface area contributed by atoms with E-state index in [1.807, 2.05) is 13.8 Å². The summed E-state index contributed by atoms with van der Waals surface area (Å²) in [6.45, 7) is 6.03. The highest BCUT2D eigenvalue weighted by atomic mass is 16.3. The van der Waals surface area contributed by atoms with E-state index in [2.05, 4.69) is 6.92 Å². The Labute approximate surface area is 108 Å². The maximum absolute atomic E-state index is 12.2. The van der Waals surface area contributed by atoms with E-state index in [4.69, 9.17) is 0 Å². The second-order valence-corrected chi connectivity index (χ2v) is 5.98. The number of amides is 2. The second kappa shape index (κ2) is 4.65. The molecule has 2 fully saturated rings. The lowest BCUT2D eigenvalue weighted by molar-refractivity contribution is -0.145. The Kier molecular flexibility index (Phi) is 3.49. The summed E-state index contributed by atoms with van der Waals surface area (Å²) >= 11 is 0. The molecule has 0 radical (unpaired) electrons. The van der Waals surface area contributed by atoms with Gasteiger partial charge in [-0.2, -0.15) is 0 Å². The third kappa shape index (κ3) is 2.07. The summed E-state index contributed by atoms with van der Waals surface area (Å²) in [5.41, 5.74) is -0.921. The Morgan fingerprint density at radius 2 is 1.61 bits per heavy atom. The van der Waals surface area contributed by atoms with Gasteiger partial charge in [-0.1, -0.05) is 20.8 Å². The number of carbonyl (C=O) groups is 2. The molecule has 4 heteroatoms. The maximum atomic E-state index is 12.2. The minimum atomic E-state index is -0.921. The van der Waals surface area contributed by atoms with E-state index in [1.165, 1.54) is 4.90 Å². The summed E-state index contributed by atoms with van der Waals surface area (Å²) in [6, 6.07) is 0. The van der Waals surface area contributed by atoms with Crippen molar-refractivity contribution in [1.29, 1.82) is 0 Å². The largest absolute Gasteiger partial charge is 0.388 e. The van der Waals surface area contributed by atoms with Gasteiger partial charge in [0.25, 0.3) is 0 Å². The molecule has 4 nitrogen and oxygen atoms in total. The van der Waals surface area contributed by atoms with Crippen LogP contribution < -0.4 is 0 Å². The van der Waals surface area contributed by atoms with Gasteiger partial charge in [0.05, 0.1) is 24.0 Å². The molecule has 2 unspecified atom stereocenters. The zero-order valence-corrected chi connectivity index (χ0v) is 11.5. The topological polar surface area (TPSA) is 57.6 Å². The molecule has 1 aliphatic heterocycles.